The summed E-state index contributed by atoms with van der Waals surface area (Å²) in [6, 6.07) is 3.54. The predicted molar refractivity (Wildman–Crippen MR) is 47.3 cm³/mol. The molecule has 0 radical (unpaired) electrons. The molecule has 1 rings (SSSR count). The first kappa shape index (κ1) is 10.7. The highest BCUT2D eigenvalue weighted by atomic mass is 19.3. The van der Waals surface area contributed by atoms with Crippen molar-refractivity contribution < 1.29 is 23.6 Å². The number of halogens is 2. The van der Waals surface area contributed by atoms with Gasteiger partial charge in [0.1, 0.15) is 5.75 Å². The second-order valence-corrected chi connectivity index (χ2v) is 2.55. The maximum Gasteiger partial charge on any atom is 0.488 e. The van der Waals surface area contributed by atoms with Crippen molar-refractivity contribution in [2.75, 3.05) is 5.73 Å². The molecule has 0 saturated heterocycles. The van der Waals surface area contributed by atoms with Crippen molar-refractivity contribution in [2.45, 2.75) is 6.61 Å². The van der Waals surface area contributed by atoms with E-state index >= 15 is 0 Å². The zero-order valence-corrected chi connectivity index (χ0v) is 7.02. The number of anilines is 1. The van der Waals surface area contributed by atoms with E-state index in [1.54, 1.807) is 0 Å². The summed E-state index contributed by atoms with van der Waals surface area (Å²) in [4.78, 5) is 0. The quantitative estimate of drug-likeness (QED) is 0.459. The van der Waals surface area contributed by atoms with Crippen LogP contribution in [0.15, 0.2) is 18.2 Å². The molecule has 0 saturated carbocycles. The van der Waals surface area contributed by atoms with Gasteiger partial charge in [0.25, 0.3) is 0 Å². The number of rotatable bonds is 3. The molecule has 0 bridgehead atoms. The molecule has 0 unspecified atom stereocenters. The first-order valence-corrected chi connectivity index (χ1v) is 3.71. The van der Waals surface area contributed by atoms with Crippen molar-refractivity contribution in [1.82, 2.24) is 0 Å². The van der Waals surface area contributed by atoms with Crippen molar-refractivity contribution in [3.8, 4) is 5.75 Å². The highest BCUT2D eigenvalue weighted by molar-refractivity contribution is 6.58. The molecule has 4 nitrogen and oxygen atoms in total. The van der Waals surface area contributed by atoms with Crippen LogP contribution in [0, 0.1) is 0 Å². The van der Waals surface area contributed by atoms with Crippen LogP contribution in [0.1, 0.15) is 0 Å². The SMILES string of the molecule is Nc1cc(B(O)O)ccc1OC(F)F. The van der Waals surface area contributed by atoms with E-state index < -0.39 is 13.7 Å². The summed E-state index contributed by atoms with van der Waals surface area (Å²) in [7, 11) is -1.68. The lowest BCUT2D eigenvalue weighted by Gasteiger charge is -2.08. The van der Waals surface area contributed by atoms with Gasteiger partial charge in [0.15, 0.2) is 0 Å². The number of hydrogen-bond acceptors (Lipinski definition) is 4. The number of benzene rings is 1. The van der Waals surface area contributed by atoms with Crippen molar-refractivity contribution in [2.24, 2.45) is 0 Å². The van der Waals surface area contributed by atoms with Crippen LogP contribution in [0.5, 0.6) is 5.75 Å². The lowest BCUT2D eigenvalue weighted by atomic mass is 9.80. The number of alkyl halides is 2. The van der Waals surface area contributed by atoms with Gasteiger partial charge in [-0.2, -0.15) is 8.78 Å². The molecule has 0 spiro atoms. The number of hydrogen-bond donors (Lipinski definition) is 3. The molecule has 0 aliphatic rings. The zero-order valence-electron chi connectivity index (χ0n) is 7.02. The summed E-state index contributed by atoms with van der Waals surface area (Å²) in [6.45, 7) is -2.96. The van der Waals surface area contributed by atoms with Gasteiger partial charge in [-0.05, 0) is 17.6 Å². The van der Waals surface area contributed by atoms with Gasteiger partial charge in [-0.25, -0.2) is 0 Å². The van der Waals surface area contributed by atoms with Crippen LogP contribution in [0.25, 0.3) is 0 Å². The lowest BCUT2D eigenvalue weighted by Crippen LogP contribution is -2.29. The molecule has 14 heavy (non-hydrogen) atoms. The Bertz CT molecular complexity index is 322. The molecule has 1 aromatic carbocycles. The van der Waals surface area contributed by atoms with Crippen LogP contribution in [-0.4, -0.2) is 23.8 Å². The van der Waals surface area contributed by atoms with Crippen LogP contribution >= 0.6 is 0 Å². The van der Waals surface area contributed by atoms with Crippen LogP contribution in [0.3, 0.4) is 0 Å². The van der Waals surface area contributed by atoms with E-state index in [1.807, 2.05) is 0 Å². The van der Waals surface area contributed by atoms with Crippen molar-refractivity contribution >= 4 is 18.3 Å². The molecule has 0 aliphatic heterocycles. The molecule has 0 heterocycles. The average molecular weight is 203 g/mol. The highest BCUT2D eigenvalue weighted by Gasteiger charge is 2.14. The second kappa shape index (κ2) is 4.25. The highest BCUT2D eigenvalue weighted by Crippen LogP contribution is 2.21. The molecule has 0 aromatic heterocycles. The largest absolute Gasteiger partial charge is 0.488 e. The summed E-state index contributed by atoms with van der Waals surface area (Å²) in [5.74, 6) is -0.190. The summed E-state index contributed by atoms with van der Waals surface area (Å²) >= 11 is 0. The average Bonchev–Trinajstić information content (AvgIpc) is 2.07. The molecule has 1 aromatic rings. The summed E-state index contributed by atoms with van der Waals surface area (Å²) in [6.07, 6.45) is 0. The number of ether oxygens (including phenoxy) is 1. The Labute approximate surface area is 79.1 Å². The maximum absolute atomic E-state index is 11.8. The van der Waals surface area contributed by atoms with E-state index in [1.165, 1.54) is 6.07 Å². The van der Waals surface area contributed by atoms with Gasteiger partial charge in [0, 0.05) is 0 Å². The zero-order chi connectivity index (χ0) is 10.7. The third kappa shape index (κ3) is 2.58. The molecule has 76 valence electrons. The summed E-state index contributed by atoms with van der Waals surface area (Å²) in [5, 5.41) is 17.5. The molecular weight excluding hydrogens is 195 g/mol. The minimum absolute atomic E-state index is 0.0732. The fraction of sp³-hybridized carbons (Fsp3) is 0.143. The van der Waals surface area contributed by atoms with Gasteiger partial charge < -0.3 is 20.5 Å². The molecule has 0 atom stereocenters. The minimum Gasteiger partial charge on any atom is -0.433 e. The van der Waals surface area contributed by atoms with Gasteiger partial charge in [0.2, 0.25) is 0 Å². The number of nitrogens with two attached hydrogens (primary N) is 1. The van der Waals surface area contributed by atoms with Crippen molar-refractivity contribution in [3.63, 3.8) is 0 Å². The Morgan fingerprint density at radius 3 is 2.43 bits per heavy atom. The van der Waals surface area contributed by atoms with E-state index in [0.717, 1.165) is 12.1 Å². The third-order valence-electron chi connectivity index (χ3n) is 1.55. The molecule has 7 heteroatoms. The predicted octanol–water partition coefficient (Wildman–Crippen LogP) is -0.450. The van der Waals surface area contributed by atoms with Crippen molar-refractivity contribution in [1.29, 1.82) is 0 Å². The molecule has 0 fully saturated rings. The van der Waals surface area contributed by atoms with Gasteiger partial charge in [-0.1, -0.05) is 6.07 Å². The Morgan fingerprint density at radius 1 is 1.36 bits per heavy atom. The molecule has 4 N–H and O–H groups in total. The van der Waals surface area contributed by atoms with E-state index in [-0.39, 0.29) is 16.9 Å². The fourth-order valence-corrected chi connectivity index (χ4v) is 0.931. The van der Waals surface area contributed by atoms with E-state index in [9.17, 15) is 8.78 Å². The minimum atomic E-state index is -2.96. The van der Waals surface area contributed by atoms with Gasteiger partial charge in [0.05, 0.1) is 5.69 Å². The Kier molecular flexibility index (Phi) is 3.26. The van der Waals surface area contributed by atoms with E-state index in [0.29, 0.717) is 0 Å². The second-order valence-electron chi connectivity index (χ2n) is 2.55. The maximum atomic E-state index is 11.8. The monoisotopic (exact) mass is 203 g/mol. The van der Waals surface area contributed by atoms with Gasteiger partial charge >= 0.3 is 13.7 Å². The topological polar surface area (TPSA) is 75.7 Å². The summed E-state index contributed by atoms with van der Waals surface area (Å²) in [5.41, 5.74) is 5.37. The fourth-order valence-electron chi connectivity index (χ4n) is 0.931. The third-order valence-corrected chi connectivity index (χ3v) is 1.55. The first-order chi connectivity index (χ1) is 6.50. The summed E-state index contributed by atoms with van der Waals surface area (Å²) < 4.78 is 27.6. The van der Waals surface area contributed by atoms with Crippen LogP contribution in [-0.2, 0) is 0 Å². The Morgan fingerprint density at radius 2 is 2.00 bits per heavy atom. The van der Waals surface area contributed by atoms with Crippen molar-refractivity contribution in [3.05, 3.63) is 18.2 Å². The van der Waals surface area contributed by atoms with E-state index in [2.05, 4.69) is 4.74 Å². The van der Waals surface area contributed by atoms with Gasteiger partial charge in [-0.15, -0.1) is 0 Å². The standard InChI is InChI=1S/C7H8BF2NO3/c9-7(10)14-6-2-1-4(8(12)13)3-5(6)11/h1-3,7,12-13H,11H2. The Balaban J connectivity index is 2.90. The molecular formula is C7H8BF2NO3. The van der Waals surface area contributed by atoms with Crippen LogP contribution in [0.2, 0.25) is 0 Å². The smallest absolute Gasteiger partial charge is 0.433 e. The van der Waals surface area contributed by atoms with Crippen LogP contribution in [0.4, 0.5) is 14.5 Å². The molecule has 0 aliphatic carbocycles. The van der Waals surface area contributed by atoms with E-state index in [4.69, 9.17) is 15.8 Å². The number of nitrogen functional groups attached to an aromatic ring is 1. The first-order valence-electron chi connectivity index (χ1n) is 3.71. The Hall–Kier alpha value is -1.34. The van der Waals surface area contributed by atoms with Crippen LogP contribution < -0.4 is 15.9 Å². The van der Waals surface area contributed by atoms with Gasteiger partial charge in [-0.3, -0.25) is 0 Å². The normalized spacial score (nSPS) is 10.4. The lowest BCUT2D eigenvalue weighted by molar-refractivity contribution is -0.0493. The molecule has 0 amide bonds.